The van der Waals surface area contributed by atoms with Gasteiger partial charge in [0.2, 0.25) is 0 Å². The molecule has 3 unspecified atom stereocenters. The fourth-order valence-corrected chi connectivity index (χ4v) is 3.10. The third kappa shape index (κ3) is 3.73. The van der Waals surface area contributed by atoms with E-state index in [2.05, 4.69) is 45.9 Å². The smallest absolute Gasteiger partial charge is 0.120 e. The number of benzene rings is 1. The van der Waals surface area contributed by atoms with E-state index in [4.69, 9.17) is 10.5 Å². The van der Waals surface area contributed by atoms with E-state index in [9.17, 15) is 0 Å². The first-order valence-corrected chi connectivity index (χ1v) is 7.46. The summed E-state index contributed by atoms with van der Waals surface area (Å²) in [7, 11) is 0. The highest BCUT2D eigenvalue weighted by atomic mass is 16.5. The standard InChI is InChI=1S/C17H27NO/c1-11(2)14-5-6-16(18)17(10-14)19-15-8-12(3)7-13(4)9-15/h7-9,11,14,16-17H,5-6,10,18H2,1-4H3. The molecule has 0 heterocycles. The van der Waals surface area contributed by atoms with Crippen molar-refractivity contribution in [1.29, 1.82) is 0 Å². The van der Waals surface area contributed by atoms with Gasteiger partial charge in [0.25, 0.3) is 0 Å². The van der Waals surface area contributed by atoms with Gasteiger partial charge in [0, 0.05) is 6.04 Å². The molecule has 0 amide bonds. The van der Waals surface area contributed by atoms with Gasteiger partial charge in [-0.1, -0.05) is 19.9 Å². The first-order chi connectivity index (χ1) is 8.95. The van der Waals surface area contributed by atoms with Crippen LogP contribution in [0, 0.1) is 25.7 Å². The lowest BCUT2D eigenvalue weighted by molar-refractivity contribution is 0.0867. The van der Waals surface area contributed by atoms with Crippen molar-refractivity contribution >= 4 is 0 Å². The molecule has 106 valence electrons. The van der Waals surface area contributed by atoms with Gasteiger partial charge in [0.15, 0.2) is 0 Å². The quantitative estimate of drug-likeness (QED) is 0.897. The third-order valence-corrected chi connectivity index (χ3v) is 4.31. The largest absolute Gasteiger partial charge is 0.489 e. The Labute approximate surface area is 117 Å². The lowest BCUT2D eigenvalue weighted by atomic mass is 9.78. The summed E-state index contributed by atoms with van der Waals surface area (Å²) in [5.41, 5.74) is 8.74. The molecule has 2 nitrogen and oxygen atoms in total. The molecule has 1 aliphatic carbocycles. The van der Waals surface area contributed by atoms with Gasteiger partial charge in [-0.2, -0.15) is 0 Å². The molecule has 1 aromatic rings. The fraction of sp³-hybridized carbons (Fsp3) is 0.647. The Balaban J connectivity index is 2.07. The van der Waals surface area contributed by atoms with Crippen LogP contribution in [0.2, 0.25) is 0 Å². The van der Waals surface area contributed by atoms with Crippen molar-refractivity contribution in [1.82, 2.24) is 0 Å². The second kappa shape index (κ2) is 5.96. The van der Waals surface area contributed by atoms with E-state index in [1.807, 2.05) is 0 Å². The summed E-state index contributed by atoms with van der Waals surface area (Å²) in [4.78, 5) is 0. The van der Waals surface area contributed by atoms with E-state index in [1.54, 1.807) is 0 Å². The molecule has 1 fully saturated rings. The van der Waals surface area contributed by atoms with Crippen molar-refractivity contribution in [3.05, 3.63) is 29.3 Å². The van der Waals surface area contributed by atoms with Crippen molar-refractivity contribution in [2.75, 3.05) is 0 Å². The molecular formula is C17H27NO. The summed E-state index contributed by atoms with van der Waals surface area (Å²) >= 11 is 0. The van der Waals surface area contributed by atoms with Gasteiger partial charge in [0.1, 0.15) is 11.9 Å². The molecule has 1 aliphatic rings. The summed E-state index contributed by atoms with van der Waals surface area (Å²) in [6.45, 7) is 8.82. The molecule has 0 saturated heterocycles. The van der Waals surface area contributed by atoms with Crippen LogP contribution < -0.4 is 10.5 Å². The van der Waals surface area contributed by atoms with Crippen LogP contribution >= 0.6 is 0 Å². The summed E-state index contributed by atoms with van der Waals surface area (Å²) in [6.07, 6.45) is 3.58. The van der Waals surface area contributed by atoms with E-state index in [0.717, 1.165) is 30.4 Å². The fourth-order valence-electron chi connectivity index (χ4n) is 3.10. The third-order valence-electron chi connectivity index (χ3n) is 4.31. The minimum atomic E-state index is 0.169. The van der Waals surface area contributed by atoms with Crippen LogP contribution in [0.15, 0.2) is 18.2 Å². The first kappa shape index (κ1) is 14.4. The molecule has 0 spiro atoms. The van der Waals surface area contributed by atoms with Crippen molar-refractivity contribution < 1.29 is 4.74 Å². The minimum Gasteiger partial charge on any atom is -0.489 e. The van der Waals surface area contributed by atoms with Gasteiger partial charge in [-0.05, 0) is 68.2 Å². The molecule has 3 atom stereocenters. The minimum absolute atomic E-state index is 0.169. The van der Waals surface area contributed by atoms with Crippen LogP contribution in [0.4, 0.5) is 0 Å². The summed E-state index contributed by atoms with van der Waals surface area (Å²) < 4.78 is 6.18. The van der Waals surface area contributed by atoms with Crippen molar-refractivity contribution in [3.63, 3.8) is 0 Å². The van der Waals surface area contributed by atoms with Gasteiger partial charge in [-0.15, -0.1) is 0 Å². The zero-order chi connectivity index (χ0) is 14.0. The summed E-state index contributed by atoms with van der Waals surface area (Å²) in [5, 5.41) is 0. The molecule has 1 aromatic carbocycles. The molecule has 19 heavy (non-hydrogen) atoms. The molecule has 0 radical (unpaired) electrons. The van der Waals surface area contributed by atoms with Crippen LogP contribution in [-0.4, -0.2) is 12.1 Å². The number of hydrogen-bond acceptors (Lipinski definition) is 2. The van der Waals surface area contributed by atoms with E-state index in [0.29, 0.717) is 0 Å². The highest BCUT2D eigenvalue weighted by Gasteiger charge is 2.31. The highest BCUT2D eigenvalue weighted by Crippen LogP contribution is 2.32. The number of nitrogens with two attached hydrogens (primary N) is 1. The maximum atomic E-state index is 6.24. The average Bonchev–Trinajstić information content (AvgIpc) is 2.30. The highest BCUT2D eigenvalue weighted by molar-refractivity contribution is 5.33. The van der Waals surface area contributed by atoms with E-state index in [1.165, 1.54) is 17.5 Å². The zero-order valence-electron chi connectivity index (χ0n) is 12.6. The maximum absolute atomic E-state index is 6.24. The monoisotopic (exact) mass is 261 g/mol. The Bertz CT molecular complexity index is 407. The molecule has 2 N–H and O–H groups in total. The van der Waals surface area contributed by atoms with Gasteiger partial charge in [0.05, 0.1) is 0 Å². The normalized spacial score (nSPS) is 27.6. The number of rotatable bonds is 3. The molecule has 2 rings (SSSR count). The lowest BCUT2D eigenvalue weighted by Crippen LogP contribution is -2.44. The van der Waals surface area contributed by atoms with E-state index in [-0.39, 0.29) is 12.1 Å². The van der Waals surface area contributed by atoms with Crippen molar-refractivity contribution in [2.45, 2.75) is 59.1 Å². The van der Waals surface area contributed by atoms with Gasteiger partial charge < -0.3 is 10.5 Å². The first-order valence-electron chi connectivity index (χ1n) is 7.46. The SMILES string of the molecule is Cc1cc(C)cc(OC2CC(C(C)C)CCC2N)c1. The zero-order valence-corrected chi connectivity index (χ0v) is 12.6. The number of hydrogen-bond donors (Lipinski definition) is 1. The number of ether oxygens (including phenoxy) is 1. The van der Waals surface area contributed by atoms with Crippen LogP contribution in [0.25, 0.3) is 0 Å². The molecule has 2 heteroatoms. The topological polar surface area (TPSA) is 35.2 Å². The Morgan fingerprint density at radius 2 is 1.74 bits per heavy atom. The Morgan fingerprint density at radius 3 is 2.32 bits per heavy atom. The molecule has 0 aliphatic heterocycles. The molecular weight excluding hydrogens is 234 g/mol. The Morgan fingerprint density at radius 1 is 1.11 bits per heavy atom. The van der Waals surface area contributed by atoms with Crippen LogP contribution in [0.1, 0.15) is 44.2 Å². The van der Waals surface area contributed by atoms with E-state index < -0.39 is 0 Å². The average molecular weight is 261 g/mol. The summed E-state index contributed by atoms with van der Waals surface area (Å²) in [6, 6.07) is 6.57. The van der Waals surface area contributed by atoms with Gasteiger partial charge in [-0.25, -0.2) is 0 Å². The van der Waals surface area contributed by atoms with Crippen LogP contribution in [0.5, 0.6) is 5.75 Å². The van der Waals surface area contributed by atoms with Crippen LogP contribution in [0.3, 0.4) is 0 Å². The maximum Gasteiger partial charge on any atom is 0.120 e. The predicted molar refractivity (Wildman–Crippen MR) is 80.5 cm³/mol. The van der Waals surface area contributed by atoms with Crippen molar-refractivity contribution in [2.24, 2.45) is 17.6 Å². The van der Waals surface area contributed by atoms with Crippen molar-refractivity contribution in [3.8, 4) is 5.75 Å². The molecule has 1 saturated carbocycles. The van der Waals surface area contributed by atoms with Crippen LogP contribution in [-0.2, 0) is 0 Å². The second-order valence-electron chi connectivity index (χ2n) is 6.46. The summed E-state index contributed by atoms with van der Waals surface area (Å²) in [5.74, 6) is 2.44. The Kier molecular flexibility index (Phi) is 4.51. The van der Waals surface area contributed by atoms with E-state index >= 15 is 0 Å². The second-order valence-corrected chi connectivity index (χ2v) is 6.46. The van der Waals surface area contributed by atoms with Gasteiger partial charge >= 0.3 is 0 Å². The number of aryl methyl sites for hydroxylation is 2. The molecule has 0 bridgehead atoms. The Hall–Kier alpha value is -1.02. The predicted octanol–water partition coefficient (Wildman–Crippen LogP) is 3.83. The van der Waals surface area contributed by atoms with Gasteiger partial charge in [-0.3, -0.25) is 0 Å². The lowest BCUT2D eigenvalue weighted by Gasteiger charge is -2.36. The molecule has 0 aromatic heterocycles.